The van der Waals surface area contributed by atoms with Gasteiger partial charge in [-0.1, -0.05) is 12.1 Å². The Kier molecular flexibility index (Phi) is 4.00. The molecule has 0 radical (unpaired) electrons. The van der Waals surface area contributed by atoms with E-state index in [9.17, 15) is 0 Å². The molecule has 7 nitrogen and oxygen atoms in total. The molecule has 4 rings (SSSR count). The molecule has 1 fully saturated rings. The van der Waals surface area contributed by atoms with E-state index in [4.69, 9.17) is 4.74 Å². The predicted octanol–water partition coefficient (Wildman–Crippen LogP) is 1.36. The summed E-state index contributed by atoms with van der Waals surface area (Å²) in [4.78, 5) is 2.28. The number of aromatic nitrogens is 4. The van der Waals surface area contributed by atoms with Gasteiger partial charge in [0.15, 0.2) is 5.65 Å². The number of fused-ring (bicyclic) bond motifs is 1. The van der Waals surface area contributed by atoms with Crippen LogP contribution in [0.5, 0.6) is 5.75 Å². The first-order valence-corrected chi connectivity index (χ1v) is 8.07. The van der Waals surface area contributed by atoms with Gasteiger partial charge in [0.1, 0.15) is 17.9 Å². The molecule has 0 aliphatic carbocycles. The number of methoxy groups -OCH3 is 1. The first-order chi connectivity index (χ1) is 11.8. The molecule has 7 heteroatoms. The molecular weight excluding hydrogens is 304 g/mol. The molecule has 1 aliphatic heterocycles. The second kappa shape index (κ2) is 6.45. The Bertz CT molecular complexity index is 809. The van der Waals surface area contributed by atoms with Crippen LogP contribution in [0.3, 0.4) is 0 Å². The van der Waals surface area contributed by atoms with Crippen molar-refractivity contribution in [2.24, 2.45) is 5.92 Å². The Morgan fingerprint density at radius 1 is 1.17 bits per heavy atom. The highest BCUT2D eigenvalue weighted by Gasteiger charge is 2.27. The summed E-state index contributed by atoms with van der Waals surface area (Å²) in [6.07, 6.45) is 1.63. The van der Waals surface area contributed by atoms with Crippen LogP contribution >= 0.6 is 0 Å². The summed E-state index contributed by atoms with van der Waals surface area (Å²) in [5.74, 6) is 2.53. The molecule has 1 saturated heterocycles. The van der Waals surface area contributed by atoms with E-state index in [0.717, 1.165) is 43.4 Å². The molecule has 0 saturated carbocycles. The van der Waals surface area contributed by atoms with Crippen molar-refractivity contribution in [3.05, 3.63) is 48.3 Å². The fourth-order valence-corrected chi connectivity index (χ4v) is 2.94. The maximum absolute atomic E-state index is 5.17. The largest absolute Gasteiger partial charge is 0.497 e. The van der Waals surface area contributed by atoms with Crippen molar-refractivity contribution < 1.29 is 4.74 Å². The molecule has 24 heavy (non-hydrogen) atoms. The molecule has 0 bridgehead atoms. The van der Waals surface area contributed by atoms with E-state index in [2.05, 4.69) is 37.6 Å². The van der Waals surface area contributed by atoms with E-state index in [1.54, 1.807) is 18.0 Å². The van der Waals surface area contributed by atoms with Crippen LogP contribution < -0.4 is 15.0 Å². The highest BCUT2D eigenvalue weighted by Crippen LogP contribution is 2.22. The molecule has 2 aromatic heterocycles. The number of hydrogen-bond acceptors (Lipinski definition) is 6. The molecule has 3 heterocycles. The Balaban J connectivity index is 1.24. The van der Waals surface area contributed by atoms with Gasteiger partial charge in [-0.05, 0) is 29.8 Å². The van der Waals surface area contributed by atoms with Gasteiger partial charge in [-0.3, -0.25) is 0 Å². The topological polar surface area (TPSA) is 67.6 Å². The van der Waals surface area contributed by atoms with Gasteiger partial charge in [-0.25, -0.2) is 0 Å². The molecule has 1 aromatic carbocycles. The Labute approximate surface area is 140 Å². The number of benzene rings is 1. The molecule has 0 amide bonds. The van der Waals surface area contributed by atoms with Crippen LogP contribution in [0.25, 0.3) is 5.65 Å². The summed E-state index contributed by atoms with van der Waals surface area (Å²) >= 11 is 0. The third-order valence-electron chi connectivity index (χ3n) is 4.35. The minimum Gasteiger partial charge on any atom is -0.497 e. The van der Waals surface area contributed by atoms with Gasteiger partial charge < -0.3 is 15.0 Å². The van der Waals surface area contributed by atoms with Gasteiger partial charge in [-0.15, -0.1) is 15.3 Å². The zero-order chi connectivity index (χ0) is 16.4. The summed E-state index contributed by atoms with van der Waals surface area (Å²) in [5, 5.41) is 15.9. The van der Waals surface area contributed by atoms with E-state index in [1.165, 1.54) is 5.56 Å². The fourth-order valence-electron chi connectivity index (χ4n) is 2.94. The number of hydrogen-bond donors (Lipinski definition) is 1. The van der Waals surface area contributed by atoms with Crippen molar-refractivity contribution in [3.63, 3.8) is 0 Å². The Morgan fingerprint density at radius 3 is 2.79 bits per heavy atom. The van der Waals surface area contributed by atoms with Crippen LogP contribution in [0, 0.1) is 5.92 Å². The highest BCUT2D eigenvalue weighted by molar-refractivity contribution is 5.46. The van der Waals surface area contributed by atoms with Crippen LogP contribution in [-0.2, 0) is 6.54 Å². The normalized spacial score (nSPS) is 14.8. The summed E-state index contributed by atoms with van der Waals surface area (Å²) in [6, 6.07) is 12.1. The highest BCUT2D eigenvalue weighted by atomic mass is 16.5. The second-order valence-corrected chi connectivity index (χ2v) is 6.08. The summed E-state index contributed by atoms with van der Waals surface area (Å²) in [6.45, 7) is 3.94. The van der Waals surface area contributed by atoms with Crippen molar-refractivity contribution in [1.29, 1.82) is 0 Å². The maximum Gasteiger partial charge on any atom is 0.177 e. The molecule has 1 N–H and O–H groups in total. The minimum atomic E-state index is 0.654. The Morgan fingerprint density at radius 2 is 2.00 bits per heavy atom. The van der Waals surface area contributed by atoms with Crippen molar-refractivity contribution in [2.75, 3.05) is 31.6 Å². The van der Waals surface area contributed by atoms with Crippen LogP contribution in [0.4, 0.5) is 5.82 Å². The van der Waals surface area contributed by atoms with E-state index >= 15 is 0 Å². The first kappa shape index (κ1) is 14.9. The second-order valence-electron chi connectivity index (χ2n) is 6.08. The third-order valence-corrected chi connectivity index (χ3v) is 4.35. The first-order valence-electron chi connectivity index (χ1n) is 8.07. The lowest BCUT2D eigenvalue weighted by Gasteiger charge is -2.40. The van der Waals surface area contributed by atoms with Gasteiger partial charge >= 0.3 is 0 Å². The van der Waals surface area contributed by atoms with Crippen molar-refractivity contribution in [2.45, 2.75) is 6.54 Å². The lowest BCUT2D eigenvalue weighted by Crippen LogP contribution is -2.51. The van der Waals surface area contributed by atoms with Crippen molar-refractivity contribution >= 4 is 11.5 Å². The van der Waals surface area contributed by atoms with Gasteiger partial charge in [-0.2, -0.15) is 4.52 Å². The van der Waals surface area contributed by atoms with E-state index < -0.39 is 0 Å². The molecule has 1 aliphatic rings. The quantitative estimate of drug-likeness (QED) is 0.738. The Hall–Kier alpha value is -2.67. The fraction of sp³-hybridized carbons (Fsp3) is 0.353. The SMILES string of the molecule is COc1ccc(CNCC2CN(c3ccc4nncn4n3)C2)cc1. The molecule has 0 unspecified atom stereocenters. The van der Waals surface area contributed by atoms with E-state index in [1.807, 2.05) is 24.3 Å². The smallest absolute Gasteiger partial charge is 0.177 e. The van der Waals surface area contributed by atoms with Crippen LogP contribution in [0.2, 0.25) is 0 Å². The molecular formula is C17H20N6O. The van der Waals surface area contributed by atoms with Crippen LogP contribution in [0.1, 0.15) is 5.56 Å². The summed E-state index contributed by atoms with van der Waals surface area (Å²) < 4.78 is 6.89. The van der Waals surface area contributed by atoms with E-state index in [-0.39, 0.29) is 0 Å². The van der Waals surface area contributed by atoms with Gasteiger partial charge in [0, 0.05) is 32.1 Å². The van der Waals surface area contributed by atoms with Crippen molar-refractivity contribution in [3.8, 4) is 5.75 Å². The minimum absolute atomic E-state index is 0.654. The average Bonchev–Trinajstić information content (AvgIpc) is 3.05. The molecule has 124 valence electrons. The zero-order valence-electron chi connectivity index (χ0n) is 13.6. The third kappa shape index (κ3) is 3.03. The molecule has 0 spiro atoms. The van der Waals surface area contributed by atoms with Crippen LogP contribution in [-0.4, -0.2) is 46.6 Å². The summed E-state index contributed by atoms with van der Waals surface area (Å²) in [5.41, 5.74) is 2.05. The number of nitrogens with zero attached hydrogens (tertiary/aromatic N) is 5. The van der Waals surface area contributed by atoms with E-state index in [0.29, 0.717) is 5.92 Å². The monoisotopic (exact) mass is 324 g/mol. The van der Waals surface area contributed by atoms with Gasteiger partial charge in [0.05, 0.1) is 7.11 Å². The predicted molar refractivity (Wildman–Crippen MR) is 91.2 cm³/mol. The zero-order valence-corrected chi connectivity index (χ0v) is 13.6. The molecule has 0 atom stereocenters. The summed E-state index contributed by atoms with van der Waals surface area (Å²) in [7, 11) is 1.69. The molecule has 3 aromatic rings. The number of ether oxygens (including phenoxy) is 1. The number of rotatable bonds is 6. The average molecular weight is 324 g/mol. The lowest BCUT2D eigenvalue weighted by atomic mass is 10.00. The number of nitrogens with one attached hydrogen (secondary N) is 1. The maximum atomic E-state index is 5.17. The standard InChI is InChI=1S/C17H20N6O/c1-24-15-4-2-13(3-5-15)8-18-9-14-10-22(11-14)17-7-6-16-20-19-12-23(16)21-17/h2-7,12,14,18H,8-11H2,1H3. The van der Waals surface area contributed by atoms with Gasteiger partial charge in [0.2, 0.25) is 0 Å². The van der Waals surface area contributed by atoms with Gasteiger partial charge in [0.25, 0.3) is 0 Å². The van der Waals surface area contributed by atoms with Crippen LogP contribution in [0.15, 0.2) is 42.7 Å². The number of anilines is 1. The lowest BCUT2D eigenvalue weighted by molar-refractivity contribution is 0.381. The van der Waals surface area contributed by atoms with Crippen molar-refractivity contribution in [1.82, 2.24) is 25.1 Å².